The second-order valence-electron chi connectivity index (χ2n) is 5.67. The molecule has 2 aromatic carbocycles. The smallest absolute Gasteiger partial charge is 0.258 e. The highest BCUT2D eigenvalue weighted by Gasteiger charge is 2.54. The Morgan fingerprint density at radius 2 is 1.71 bits per heavy atom. The van der Waals surface area contributed by atoms with E-state index in [-0.39, 0.29) is 22.7 Å². The zero-order chi connectivity index (χ0) is 17.5. The normalized spacial score (nSPS) is 22.8. The average Bonchev–Trinajstić information content (AvgIpc) is 3.31. The predicted octanol–water partition coefficient (Wildman–Crippen LogP) is 3.20. The van der Waals surface area contributed by atoms with Gasteiger partial charge < -0.3 is 0 Å². The third-order valence-corrected chi connectivity index (χ3v) is 5.98. The van der Waals surface area contributed by atoms with Gasteiger partial charge in [0.15, 0.2) is 0 Å². The van der Waals surface area contributed by atoms with Gasteiger partial charge in [0.1, 0.15) is 0 Å². The maximum absolute atomic E-state index is 12.8. The highest BCUT2D eigenvalue weighted by molar-refractivity contribution is 7.89. The molecule has 2 aromatic rings. The first-order valence-electron chi connectivity index (χ1n) is 7.33. The summed E-state index contributed by atoms with van der Waals surface area (Å²) in [5.74, 6) is 0. The quantitative estimate of drug-likeness (QED) is 0.361. The first-order chi connectivity index (χ1) is 11.4. The van der Waals surface area contributed by atoms with E-state index in [9.17, 15) is 18.5 Å². The lowest BCUT2D eigenvalue weighted by Gasteiger charge is -2.07. The standard InChI is InChI=1S/C17H16N2O4S/c1-3-16-17(13-6-8-14(9-7-13)19(20)21)18(16)24(22,23)15-10-4-12(2)5-11-15/h3-11,16-17H,1H2,2H3. The van der Waals surface area contributed by atoms with Crippen LogP contribution in [0.5, 0.6) is 0 Å². The van der Waals surface area contributed by atoms with Gasteiger partial charge in [-0.05, 0) is 24.6 Å². The van der Waals surface area contributed by atoms with Crippen LogP contribution in [0.3, 0.4) is 0 Å². The molecule has 1 fully saturated rings. The minimum absolute atomic E-state index is 0.0255. The van der Waals surface area contributed by atoms with Crippen molar-refractivity contribution in [3.63, 3.8) is 0 Å². The second-order valence-corrected chi connectivity index (χ2v) is 7.51. The maximum Gasteiger partial charge on any atom is 0.269 e. The summed E-state index contributed by atoms with van der Waals surface area (Å²) in [6.45, 7) is 5.59. The molecule has 24 heavy (non-hydrogen) atoms. The molecule has 3 atom stereocenters. The third-order valence-electron chi connectivity index (χ3n) is 4.09. The number of benzene rings is 2. The van der Waals surface area contributed by atoms with E-state index in [4.69, 9.17) is 0 Å². The fourth-order valence-electron chi connectivity index (χ4n) is 2.74. The zero-order valence-corrected chi connectivity index (χ0v) is 13.8. The van der Waals surface area contributed by atoms with Crippen LogP contribution >= 0.6 is 0 Å². The molecule has 3 unspecified atom stereocenters. The van der Waals surface area contributed by atoms with Crippen LogP contribution in [0.2, 0.25) is 0 Å². The van der Waals surface area contributed by atoms with Crippen LogP contribution in [0.4, 0.5) is 5.69 Å². The van der Waals surface area contributed by atoms with Crippen LogP contribution in [0.25, 0.3) is 0 Å². The van der Waals surface area contributed by atoms with Crippen molar-refractivity contribution in [1.82, 2.24) is 4.31 Å². The molecule has 6 nitrogen and oxygen atoms in total. The number of sulfonamides is 1. The molecule has 0 N–H and O–H groups in total. The molecule has 1 saturated heterocycles. The highest BCUT2D eigenvalue weighted by atomic mass is 32.2. The summed E-state index contributed by atoms with van der Waals surface area (Å²) in [7, 11) is -3.64. The summed E-state index contributed by atoms with van der Waals surface area (Å²) in [6, 6.07) is 11.9. The van der Waals surface area contributed by atoms with Gasteiger partial charge in [0.05, 0.1) is 21.9 Å². The Labute approximate surface area is 140 Å². The van der Waals surface area contributed by atoms with Crippen molar-refractivity contribution in [3.05, 3.63) is 82.4 Å². The fraction of sp³-hybridized carbons (Fsp3) is 0.176. The molecule has 0 saturated carbocycles. The Morgan fingerprint density at radius 1 is 1.12 bits per heavy atom. The Bertz CT molecular complexity index is 889. The molecule has 0 amide bonds. The number of hydrogen-bond acceptors (Lipinski definition) is 4. The molecule has 7 heteroatoms. The van der Waals surface area contributed by atoms with Gasteiger partial charge in [-0.15, -0.1) is 6.58 Å². The van der Waals surface area contributed by atoms with Gasteiger partial charge in [-0.2, -0.15) is 4.31 Å². The second kappa shape index (κ2) is 5.85. The van der Waals surface area contributed by atoms with Gasteiger partial charge >= 0.3 is 0 Å². The van der Waals surface area contributed by atoms with E-state index in [1.807, 2.05) is 6.92 Å². The SMILES string of the molecule is C=CC1C(c2ccc([N+](=O)[O-])cc2)N1S(=O)(=O)c1ccc(C)cc1. The Balaban J connectivity index is 1.92. The number of nitro benzene ring substituents is 1. The van der Waals surface area contributed by atoms with Crippen molar-refractivity contribution in [2.45, 2.75) is 23.9 Å². The van der Waals surface area contributed by atoms with Crippen LogP contribution in [0, 0.1) is 17.0 Å². The van der Waals surface area contributed by atoms with Crippen LogP contribution in [-0.2, 0) is 10.0 Å². The van der Waals surface area contributed by atoms with E-state index < -0.39 is 14.9 Å². The number of non-ortho nitro benzene ring substituents is 1. The molecule has 0 aliphatic carbocycles. The van der Waals surface area contributed by atoms with E-state index in [0.717, 1.165) is 5.56 Å². The fourth-order valence-corrected chi connectivity index (χ4v) is 4.48. The van der Waals surface area contributed by atoms with Crippen LogP contribution in [0.1, 0.15) is 17.2 Å². The number of hydrogen-bond donors (Lipinski definition) is 0. The van der Waals surface area contributed by atoms with Crippen LogP contribution in [-0.4, -0.2) is 23.7 Å². The Hall–Kier alpha value is -2.51. The Morgan fingerprint density at radius 3 is 2.21 bits per heavy atom. The summed E-state index contributed by atoms with van der Waals surface area (Å²) < 4.78 is 27.0. The number of nitrogens with zero attached hydrogens (tertiary/aromatic N) is 2. The lowest BCUT2D eigenvalue weighted by Crippen LogP contribution is -2.14. The van der Waals surface area contributed by atoms with E-state index in [2.05, 4.69) is 6.58 Å². The molecule has 3 rings (SSSR count). The molecule has 0 radical (unpaired) electrons. The number of nitro groups is 1. The minimum Gasteiger partial charge on any atom is -0.258 e. The van der Waals surface area contributed by atoms with Crippen LogP contribution in [0.15, 0.2) is 66.1 Å². The molecule has 1 aliphatic rings. The van der Waals surface area contributed by atoms with Gasteiger partial charge in [0.25, 0.3) is 5.69 Å². The van der Waals surface area contributed by atoms with Crippen molar-refractivity contribution < 1.29 is 13.3 Å². The van der Waals surface area contributed by atoms with Gasteiger partial charge in [0.2, 0.25) is 10.0 Å². The molecular weight excluding hydrogens is 328 g/mol. The first kappa shape index (κ1) is 16.4. The zero-order valence-electron chi connectivity index (χ0n) is 13.0. The molecule has 0 aromatic heterocycles. The van der Waals surface area contributed by atoms with Crippen molar-refractivity contribution in [2.75, 3.05) is 0 Å². The van der Waals surface area contributed by atoms with Crippen molar-refractivity contribution in [3.8, 4) is 0 Å². The topological polar surface area (TPSA) is 80.3 Å². The molecular formula is C17H16N2O4S. The lowest BCUT2D eigenvalue weighted by atomic mass is 10.1. The van der Waals surface area contributed by atoms with Gasteiger partial charge in [-0.1, -0.05) is 35.9 Å². The average molecular weight is 344 g/mol. The van der Waals surface area contributed by atoms with Crippen molar-refractivity contribution in [2.24, 2.45) is 0 Å². The summed E-state index contributed by atoms with van der Waals surface area (Å²) in [5, 5.41) is 10.7. The molecule has 1 heterocycles. The number of rotatable bonds is 5. The van der Waals surface area contributed by atoms with Gasteiger partial charge in [0, 0.05) is 12.1 Å². The van der Waals surface area contributed by atoms with Crippen molar-refractivity contribution in [1.29, 1.82) is 0 Å². The van der Waals surface area contributed by atoms with E-state index in [0.29, 0.717) is 5.56 Å². The van der Waals surface area contributed by atoms with Gasteiger partial charge in [-0.25, -0.2) is 8.42 Å². The Kier molecular flexibility index (Phi) is 3.98. The number of aryl methyl sites for hydroxylation is 1. The summed E-state index contributed by atoms with van der Waals surface area (Å²) in [6.07, 6.45) is 1.58. The van der Waals surface area contributed by atoms with E-state index in [1.54, 1.807) is 42.5 Å². The lowest BCUT2D eigenvalue weighted by molar-refractivity contribution is -0.384. The summed E-state index contributed by atoms with van der Waals surface area (Å²) in [4.78, 5) is 10.5. The predicted molar refractivity (Wildman–Crippen MR) is 90.0 cm³/mol. The van der Waals surface area contributed by atoms with E-state index >= 15 is 0 Å². The minimum atomic E-state index is -3.64. The maximum atomic E-state index is 12.8. The molecule has 0 bridgehead atoms. The molecule has 1 aliphatic heterocycles. The monoisotopic (exact) mass is 344 g/mol. The van der Waals surface area contributed by atoms with Crippen molar-refractivity contribution >= 4 is 15.7 Å². The molecule has 0 spiro atoms. The summed E-state index contributed by atoms with van der Waals surface area (Å²) >= 11 is 0. The van der Waals surface area contributed by atoms with Gasteiger partial charge in [-0.3, -0.25) is 10.1 Å². The van der Waals surface area contributed by atoms with Crippen LogP contribution < -0.4 is 0 Å². The third kappa shape index (κ3) is 2.72. The highest BCUT2D eigenvalue weighted by Crippen LogP contribution is 2.48. The van der Waals surface area contributed by atoms with E-state index in [1.165, 1.54) is 16.4 Å². The largest absolute Gasteiger partial charge is 0.269 e. The summed E-state index contributed by atoms with van der Waals surface area (Å²) in [5.41, 5.74) is 1.66. The first-order valence-corrected chi connectivity index (χ1v) is 8.77. The molecule has 124 valence electrons.